The van der Waals surface area contributed by atoms with E-state index in [1.807, 2.05) is 168 Å². The van der Waals surface area contributed by atoms with Gasteiger partial charge in [0.05, 0.1) is 19.3 Å². The number of nitrogens with one attached hydrogen (secondary N) is 2. The van der Waals surface area contributed by atoms with Crippen molar-refractivity contribution in [2.24, 2.45) is 5.73 Å². The molecule has 0 heterocycles. The summed E-state index contributed by atoms with van der Waals surface area (Å²) in [5.74, 6) is 14.3. The molecule has 0 fully saturated rings. The molecule has 7 heteroatoms. The highest BCUT2D eigenvalue weighted by atomic mass is 16.5. The average molecular weight is 693 g/mol. The molecule has 2 atom stereocenters. The third-order valence-electron chi connectivity index (χ3n) is 7.87. The van der Waals surface area contributed by atoms with E-state index in [9.17, 15) is 4.79 Å². The van der Waals surface area contributed by atoms with E-state index >= 15 is 0 Å². The van der Waals surface area contributed by atoms with Crippen LogP contribution in [0, 0.1) is 23.7 Å². The van der Waals surface area contributed by atoms with Gasteiger partial charge >= 0.3 is 6.03 Å². The van der Waals surface area contributed by atoms with E-state index in [0.717, 1.165) is 56.3 Å². The van der Waals surface area contributed by atoms with Gasteiger partial charge in [0.25, 0.3) is 0 Å². The molecule has 5 rings (SSSR count). The van der Waals surface area contributed by atoms with Crippen molar-refractivity contribution in [3.63, 3.8) is 0 Å². The fourth-order valence-electron chi connectivity index (χ4n) is 4.91. The van der Waals surface area contributed by atoms with Gasteiger partial charge in [-0.3, -0.25) is 0 Å². The molecule has 0 saturated carbocycles. The first kappa shape index (κ1) is 38.6. The van der Waals surface area contributed by atoms with Crippen molar-refractivity contribution in [3.05, 3.63) is 155 Å². The Balaban J connectivity index is 0.000000259. The van der Waals surface area contributed by atoms with Gasteiger partial charge in [-0.15, -0.1) is 0 Å². The first-order chi connectivity index (χ1) is 25.1. The zero-order valence-corrected chi connectivity index (χ0v) is 30.9. The number of hydrogen-bond donors (Lipinski definition) is 3. The monoisotopic (exact) mass is 692 g/mol. The molecule has 0 aliphatic carbocycles. The van der Waals surface area contributed by atoms with Crippen LogP contribution >= 0.6 is 0 Å². The van der Waals surface area contributed by atoms with Crippen LogP contribution in [0.15, 0.2) is 121 Å². The van der Waals surface area contributed by atoms with E-state index in [0.29, 0.717) is 13.2 Å². The zero-order valence-electron chi connectivity index (χ0n) is 30.9. The van der Waals surface area contributed by atoms with Crippen LogP contribution in [0.3, 0.4) is 0 Å². The van der Waals surface area contributed by atoms with Gasteiger partial charge in [0.2, 0.25) is 0 Å². The number of anilines is 2. The highest BCUT2D eigenvalue weighted by Gasteiger charge is 2.10. The lowest BCUT2D eigenvalue weighted by Gasteiger charge is -2.16. The third kappa shape index (κ3) is 12.6. The van der Waals surface area contributed by atoms with Crippen LogP contribution in [0.5, 0.6) is 11.5 Å². The lowest BCUT2D eigenvalue weighted by Crippen LogP contribution is -2.31. The molecular weight excluding hydrogens is 645 g/mol. The van der Waals surface area contributed by atoms with Gasteiger partial charge in [-0.2, -0.15) is 0 Å². The molecule has 5 aromatic rings. The standard InChI is InChI=1S/C27H29N3O2.C18H19NO/c1-5-32-26-18-10-22(11-19-26)7-6-21-8-12-23(13-9-21)20(2)28-27(31)29-24-14-16-25(17-15-24)30(3)4;1-3-20-18-12-8-16(9-13-18)5-4-15-6-10-17(11-7-15)14(2)19/h8-20H,5H2,1-4H3,(H2,28,29,31);6-14H,3,19H2,1-2H3. The van der Waals surface area contributed by atoms with Crippen LogP contribution in [-0.2, 0) is 0 Å². The topological polar surface area (TPSA) is 88.9 Å². The number of carbonyl (C=O) groups excluding carboxylic acids is 1. The molecule has 4 N–H and O–H groups in total. The Labute approximate surface area is 309 Å². The van der Waals surface area contributed by atoms with Crippen molar-refractivity contribution in [3.8, 4) is 35.2 Å². The summed E-state index contributed by atoms with van der Waals surface area (Å²) >= 11 is 0. The van der Waals surface area contributed by atoms with Crippen molar-refractivity contribution < 1.29 is 14.3 Å². The molecule has 5 aromatic carbocycles. The molecule has 52 heavy (non-hydrogen) atoms. The van der Waals surface area contributed by atoms with E-state index < -0.39 is 0 Å². The summed E-state index contributed by atoms with van der Waals surface area (Å²) in [6.45, 7) is 9.19. The Kier molecular flexibility index (Phi) is 14.8. The van der Waals surface area contributed by atoms with Crippen LogP contribution in [0.25, 0.3) is 0 Å². The second kappa shape index (κ2) is 19.9. The van der Waals surface area contributed by atoms with E-state index in [-0.39, 0.29) is 18.1 Å². The number of urea groups is 1. The first-order valence-corrected chi connectivity index (χ1v) is 17.4. The summed E-state index contributed by atoms with van der Waals surface area (Å²) in [5, 5.41) is 5.84. The number of carbonyl (C=O) groups is 1. The molecule has 0 radical (unpaired) electrons. The normalized spacial score (nSPS) is 11.1. The SMILES string of the molecule is CCOc1ccc(C#Cc2ccc(C(C)N)cc2)cc1.CCOc1ccc(C#Cc2ccc(C(C)NC(=O)Nc3ccc(N(C)C)cc3)cc2)cc1. The molecular formula is C45H48N4O3. The summed E-state index contributed by atoms with van der Waals surface area (Å²) in [6.07, 6.45) is 0. The minimum absolute atomic E-state index is 0.0584. The lowest BCUT2D eigenvalue weighted by molar-refractivity contribution is 0.249. The minimum atomic E-state index is -0.241. The summed E-state index contributed by atoms with van der Waals surface area (Å²) in [7, 11) is 3.96. The highest BCUT2D eigenvalue weighted by Crippen LogP contribution is 2.18. The van der Waals surface area contributed by atoms with E-state index in [1.54, 1.807) is 0 Å². The quantitative estimate of drug-likeness (QED) is 0.134. The molecule has 0 bridgehead atoms. The maximum atomic E-state index is 12.3. The number of ether oxygens (including phenoxy) is 2. The van der Waals surface area contributed by atoms with Crippen molar-refractivity contribution in [1.82, 2.24) is 5.32 Å². The molecule has 2 unspecified atom stereocenters. The van der Waals surface area contributed by atoms with E-state index in [4.69, 9.17) is 15.2 Å². The number of hydrogen-bond acceptors (Lipinski definition) is 5. The number of rotatable bonds is 9. The second-order valence-electron chi connectivity index (χ2n) is 12.2. The molecule has 0 aliphatic heterocycles. The number of benzene rings is 5. The Morgan fingerprint density at radius 1 is 0.615 bits per heavy atom. The van der Waals surface area contributed by atoms with Gasteiger partial charge in [0.15, 0.2) is 0 Å². The molecule has 0 spiro atoms. The summed E-state index contributed by atoms with van der Waals surface area (Å²) in [4.78, 5) is 14.4. The van der Waals surface area contributed by atoms with E-state index in [1.165, 1.54) is 0 Å². The molecule has 7 nitrogen and oxygen atoms in total. The summed E-state index contributed by atoms with van der Waals surface area (Å²) in [5.41, 5.74) is 13.6. The average Bonchev–Trinajstić information content (AvgIpc) is 3.15. The van der Waals surface area contributed by atoms with Crippen molar-refractivity contribution in [1.29, 1.82) is 0 Å². The van der Waals surface area contributed by atoms with Crippen LogP contribution in [-0.4, -0.2) is 33.3 Å². The Bertz CT molecular complexity index is 1960. The predicted octanol–water partition coefficient (Wildman–Crippen LogP) is 8.94. The van der Waals surface area contributed by atoms with Crippen LogP contribution in [0.1, 0.15) is 73.2 Å². The highest BCUT2D eigenvalue weighted by molar-refractivity contribution is 5.89. The van der Waals surface area contributed by atoms with Crippen molar-refractivity contribution in [2.75, 3.05) is 37.5 Å². The van der Waals surface area contributed by atoms with Crippen molar-refractivity contribution in [2.45, 2.75) is 39.8 Å². The molecule has 2 amide bonds. The van der Waals surface area contributed by atoms with Gasteiger partial charge in [0, 0.05) is 53.8 Å². The van der Waals surface area contributed by atoms with Gasteiger partial charge in [-0.1, -0.05) is 47.9 Å². The Morgan fingerprint density at radius 2 is 1.00 bits per heavy atom. The Hall–Kier alpha value is -6.15. The lowest BCUT2D eigenvalue weighted by atomic mass is 10.1. The minimum Gasteiger partial charge on any atom is -0.494 e. The second-order valence-corrected chi connectivity index (χ2v) is 12.2. The fourth-order valence-corrected chi connectivity index (χ4v) is 4.91. The molecule has 0 saturated heterocycles. The molecule has 0 aromatic heterocycles. The largest absolute Gasteiger partial charge is 0.494 e. The fraction of sp³-hybridized carbons (Fsp3) is 0.222. The number of nitrogens with two attached hydrogens (primary N) is 1. The number of amides is 2. The van der Waals surface area contributed by atoms with E-state index in [2.05, 4.69) is 34.3 Å². The Morgan fingerprint density at radius 3 is 1.37 bits per heavy atom. The van der Waals surface area contributed by atoms with Crippen LogP contribution < -0.4 is 30.7 Å². The van der Waals surface area contributed by atoms with Gasteiger partial charge < -0.3 is 30.7 Å². The van der Waals surface area contributed by atoms with Gasteiger partial charge in [-0.05, 0) is 136 Å². The predicted molar refractivity (Wildman–Crippen MR) is 214 cm³/mol. The first-order valence-electron chi connectivity index (χ1n) is 17.4. The van der Waals surface area contributed by atoms with Crippen LogP contribution in [0.4, 0.5) is 16.2 Å². The summed E-state index contributed by atoms with van der Waals surface area (Å²) in [6, 6.07) is 38.9. The van der Waals surface area contributed by atoms with Gasteiger partial charge in [-0.25, -0.2) is 4.79 Å². The third-order valence-corrected chi connectivity index (χ3v) is 7.87. The maximum Gasteiger partial charge on any atom is 0.319 e. The molecule has 266 valence electrons. The van der Waals surface area contributed by atoms with Gasteiger partial charge in [0.1, 0.15) is 11.5 Å². The maximum absolute atomic E-state index is 12.3. The number of nitrogens with zero attached hydrogens (tertiary/aromatic N) is 1. The zero-order chi connectivity index (χ0) is 37.3. The summed E-state index contributed by atoms with van der Waals surface area (Å²) < 4.78 is 10.8. The van der Waals surface area contributed by atoms with Crippen molar-refractivity contribution >= 4 is 17.4 Å². The smallest absolute Gasteiger partial charge is 0.319 e. The van der Waals surface area contributed by atoms with Crippen LogP contribution in [0.2, 0.25) is 0 Å². The molecule has 0 aliphatic rings.